The van der Waals surface area contributed by atoms with Crippen molar-refractivity contribution in [1.82, 2.24) is 0 Å². The van der Waals surface area contributed by atoms with E-state index in [9.17, 15) is 9.18 Å². The van der Waals surface area contributed by atoms with E-state index >= 15 is 0 Å². The molecule has 0 bridgehead atoms. The molecule has 66 valence electrons. The van der Waals surface area contributed by atoms with Crippen molar-refractivity contribution in [3.8, 4) is 0 Å². The van der Waals surface area contributed by atoms with E-state index < -0.39 is 17.7 Å². The predicted molar refractivity (Wildman–Crippen MR) is 40.0 cm³/mol. The summed E-state index contributed by atoms with van der Waals surface area (Å²) in [5.41, 5.74) is 3.96. The van der Waals surface area contributed by atoms with Crippen LogP contribution in [-0.2, 0) is 4.79 Å². The zero-order valence-electron chi connectivity index (χ0n) is 6.80. The molecule has 3 nitrogen and oxygen atoms in total. The Hall–Kier alpha value is -0.640. The molecule has 0 aliphatic heterocycles. The van der Waals surface area contributed by atoms with E-state index in [0.29, 0.717) is 0 Å². The van der Waals surface area contributed by atoms with Gasteiger partial charge in [0.2, 0.25) is 0 Å². The van der Waals surface area contributed by atoms with Crippen LogP contribution < -0.4 is 5.73 Å². The number of carboxylic acid groups (broad SMARTS) is 1. The van der Waals surface area contributed by atoms with Crippen molar-refractivity contribution in [2.45, 2.75) is 38.4 Å². The molecule has 0 aromatic heterocycles. The Balaban J connectivity index is 3.69. The third-order valence-electron chi connectivity index (χ3n) is 1.18. The van der Waals surface area contributed by atoms with E-state index in [2.05, 4.69) is 0 Å². The highest BCUT2D eigenvalue weighted by atomic mass is 19.1. The highest BCUT2D eigenvalue weighted by molar-refractivity contribution is 5.67. The summed E-state index contributed by atoms with van der Waals surface area (Å²) in [6.07, 6.45) is -0.0906. The summed E-state index contributed by atoms with van der Waals surface area (Å²) < 4.78 is 12.8. The molecule has 0 amide bonds. The lowest BCUT2D eigenvalue weighted by Gasteiger charge is -2.17. The number of nitrogens with two attached hydrogens (primary N) is 1. The second-order valence-corrected chi connectivity index (χ2v) is 3.28. The van der Waals surface area contributed by atoms with E-state index in [1.54, 1.807) is 0 Å². The van der Waals surface area contributed by atoms with Crippen LogP contribution in [0, 0.1) is 0 Å². The van der Waals surface area contributed by atoms with Gasteiger partial charge in [0.15, 0.2) is 0 Å². The zero-order valence-corrected chi connectivity index (χ0v) is 6.80. The number of carboxylic acids is 1. The predicted octanol–water partition coefficient (Wildman–Crippen LogP) is 0.927. The molecular formula is C7H14FNO2. The normalized spacial score (nSPS) is 14.5. The van der Waals surface area contributed by atoms with Crippen molar-refractivity contribution in [2.75, 3.05) is 0 Å². The van der Waals surface area contributed by atoms with Crippen LogP contribution in [-0.4, -0.2) is 22.8 Å². The lowest BCUT2D eigenvalue weighted by molar-refractivity contribution is -0.137. The minimum atomic E-state index is -1.38. The molecule has 0 saturated heterocycles. The third-order valence-corrected chi connectivity index (χ3v) is 1.18. The van der Waals surface area contributed by atoms with Crippen molar-refractivity contribution >= 4 is 5.97 Å². The highest BCUT2D eigenvalue weighted by Crippen LogP contribution is 2.16. The van der Waals surface area contributed by atoms with Gasteiger partial charge in [0.1, 0.15) is 5.67 Å². The number of aliphatic carboxylic acids is 1. The molecule has 0 radical (unpaired) electrons. The average molecular weight is 163 g/mol. The first-order valence-corrected chi connectivity index (χ1v) is 3.47. The summed E-state index contributed by atoms with van der Waals surface area (Å²) in [7, 11) is 0. The van der Waals surface area contributed by atoms with Crippen LogP contribution in [0.5, 0.6) is 0 Å². The van der Waals surface area contributed by atoms with Gasteiger partial charge in [-0.1, -0.05) is 0 Å². The number of rotatable bonds is 4. The van der Waals surface area contributed by atoms with Gasteiger partial charge in [0, 0.05) is 6.04 Å². The lowest BCUT2D eigenvalue weighted by atomic mass is 9.99. The summed E-state index contributed by atoms with van der Waals surface area (Å²) in [6.45, 7) is 2.77. The maximum absolute atomic E-state index is 12.8. The Morgan fingerprint density at radius 3 is 2.45 bits per heavy atom. The van der Waals surface area contributed by atoms with E-state index in [-0.39, 0.29) is 12.8 Å². The summed E-state index contributed by atoms with van der Waals surface area (Å²) in [4.78, 5) is 10.1. The van der Waals surface area contributed by atoms with Crippen molar-refractivity contribution in [1.29, 1.82) is 0 Å². The van der Waals surface area contributed by atoms with Crippen molar-refractivity contribution < 1.29 is 14.3 Å². The van der Waals surface area contributed by atoms with Gasteiger partial charge >= 0.3 is 5.97 Å². The summed E-state index contributed by atoms with van der Waals surface area (Å²) in [5, 5.41) is 8.28. The standard InChI is InChI=1S/C7H14FNO2/c1-7(2,8)4-5(9)3-6(10)11/h5H,3-4,9H2,1-2H3,(H,10,11). The summed E-state index contributed by atoms with van der Waals surface area (Å²) in [5.74, 6) is -0.984. The van der Waals surface area contributed by atoms with Crippen LogP contribution in [0.25, 0.3) is 0 Å². The van der Waals surface area contributed by atoms with Gasteiger partial charge in [-0.2, -0.15) is 0 Å². The first-order chi connectivity index (χ1) is 4.81. The van der Waals surface area contributed by atoms with Gasteiger partial charge in [-0.3, -0.25) is 4.79 Å². The molecule has 0 spiro atoms. The maximum Gasteiger partial charge on any atom is 0.304 e. The fraction of sp³-hybridized carbons (Fsp3) is 0.857. The van der Waals surface area contributed by atoms with Gasteiger partial charge in [-0.05, 0) is 20.3 Å². The van der Waals surface area contributed by atoms with Crippen LogP contribution in [0.15, 0.2) is 0 Å². The Morgan fingerprint density at radius 2 is 2.18 bits per heavy atom. The van der Waals surface area contributed by atoms with E-state index in [0.717, 1.165) is 0 Å². The number of hydrogen-bond donors (Lipinski definition) is 2. The topological polar surface area (TPSA) is 63.3 Å². The Morgan fingerprint density at radius 1 is 1.73 bits per heavy atom. The smallest absolute Gasteiger partial charge is 0.304 e. The van der Waals surface area contributed by atoms with Gasteiger partial charge in [-0.25, -0.2) is 4.39 Å². The largest absolute Gasteiger partial charge is 0.481 e. The molecule has 0 fully saturated rings. The fourth-order valence-corrected chi connectivity index (χ4v) is 0.920. The Labute approximate surface area is 65.4 Å². The first-order valence-electron chi connectivity index (χ1n) is 3.47. The Kier molecular flexibility index (Phi) is 3.45. The molecule has 3 N–H and O–H groups in total. The van der Waals surface area contributed by atoms with Crippen LogP contribution in [0.1, 0.15) is 26.7 Å². The lowest BCUT2D eigenvalue weighted by Crippen LogP contribution is -2.31. The Bertz CT molecular complexity index is 142. The molecule has 1 atom stereocenters. The van der Waals surface area contributed by atoms with E-state index in [4.69, 9.17) is 10.8 Å². The first kappa shape index (κ1) is 10.4. The van der Waals surface area contributed by atoms with Gasteiger partial charge in [0.05, 0.1) is 6.42 Å². The van der Waals surface area contributed by atoms with Crippen molar-refractivity contribution in [3.05, 3.63) is 0 Å². The van der Waals surface area contributed by atoms with Crippen LogP contribution in [0.2, 0.25) is 0 Å². The molecule has 0 aliphatic rings. The fourth-order valence-electron chi connectivity index (χ4n) is 0.920. The quantitative estimate of drug-likeness (QED) is 0.648. The van der Waals surface area contributed by atoms with Crippen LogP contribution >= 0.6 is 0 Å². The number of halogens is 1. The molecule has 0 saturated carbocycles. The molecular weight excluding hydrogens is 149 g/mol. The second-order valence-electron chi connectivity index (χ2n) is 3.28. The molecule has 0 aliphatic carbocycles. The zero-order chi connectivity index (χ0) is 9.07. The number of hydrogen-bond acceptors (Lipinski definition) is 2. The van der Waals surface area contributed by atoms with Crippen LogP contribution in [0.3, 0.4) is 0 Å². The minimum Gasteiger partial charge on any atom is -0.481 e. The van der Waals surface area contributed by atoms with Gasteiger partial charge in [-0.15, -0.1) is 0 Å². The van der Waals surface area contributed by atoms with Crippen LogP contribution in [0.4, 0.5) is 4.39 Å². The SMILES string of the molecule is CC(C)(F)CC(N)CC(=O)O. The van der Waals surface area contributed by atoms with E-state index in [1.807, 2.05) is 0 Å². The molecule has 0 aromatic carbocycles. The molecule has 11 heavy (non-hydrogen) atoms. The van der Waals surface area contributed by atoms with Crippen molar-refractivity contribution in [3.63, 3.8) is 0 Å². The molecule has 1 unspecified atom stereocenters. The molecule has 0 aromatic rings. The highest BCUT2D eigenvalue weighted by Gasteiger charge is 2.21. The average Bonchev–Trinajstić information content (AvgIpc) is 1.53. The van der Waals surface area contributed by atoms with Crippen molar-refractivity contribution in [2.24, 2.45) is 5.73 Å². The van der Waals surface area contributed by atoms with Gasteiger partial charge in [0.25, 0.3) is 0 Å². The minimum absolute atomic E-state index is 0.0826. The van der Waals surface area contributed by atoms with E-state index in [1.165, 1.54) is 13.8 Å². The maximum atomic E-state index is 12.8. The third kappa shape index (κ3) is 7.25. The number of carbonyl (C=O) groups is 1. The van der Waals surface area contributed by atoms with Gasteiger partial charge < -0.3 is 10.8 Å². The summed E-state index contributed by atoms with van der Waals surface area (Å²) in [6, 6.07) is -0.590. The summed E-state index contributed by atoms with van der Waals surface area (Å²) >= 11 is 0. The monoisotopic (exact) mass is 163 g/mol. The molecule has 0 rings (SSSR count). The number of alkyl halides is 1. The molecule has 4 heteroatoms. The molecule has 0 heterocycles. The second kappa shape index (κ2) is 3.67.